The monoisotopic (exact) mass is 394 g/mol. The summed E-state index contributed by atoms with van der Waals surface area (Å²) in [5, 5.41) is 0. The van der Waals surface area contributed by atoms with Crippen LogP contribution in [0.15, 0.2) is 11.6 Å². The van der Waals surface area contributed by atoms with Gasteiger partial charge in [-0.1, -0.05) is 78.7 Å². The predicted octanol–water partition coefficient (Wildman–Crippen LogP) is 4.97. The van der Waals surface area contributed by atoms with Gasteiger partial charge in [-0.15, -0.1) is 5.41 Å². The van der Waals surface area contributed by atoms with Crippen LogP contribution in [0.25, 0.3) is 11.6 Å². The van der Waals surface area contributed by atoms with Crippen LogP contribution in [0.1, 0.15) is 114 Å². The van der Waals surface area contributed by atoms with Gasteiger partial charge in [0, 0.05) is 0 Å². The van der Waals surface area contributed by atoms with E-state index >= 15 is 0 Å². The third kappa shape index (κ3) is 3.24. The Morgan fingerprint density at radius 3 is 2.27 bits per heavy atom. The van der Waals surface area contributed by atoms with Gasteiger partial charge in [0.1, 0.15) is 0 Å². The van der Waals surface area contributed by atoms with E-state index in [0.717, 1.165) is 0 Å². The van der Waals surface area contributed by atoms with E-state index in [1.54, 1.807) is 44.5 Å². The first-order chi connectivity index (χ1) is 13.3. The molecule has 0 bridgehead atoms. The van der Waals surface area contributed by atoms with Crippen molar-refractivity contribution >= 4 is 11.6 Å². The Hall–Kier alpha value is -0.703. The molecular weight excluding hydrogens is 355 g/mol. The van der Waals surface area contributed by atoms with Gasteiger partial charge in [-0.25, -0.2) is 0 Å². The Kier molecular flexibility index (Phi) is 4.99. The summed E-state index contributed by atoms with van der Waals surface area (Å²) >= 11 is 0. The number of allylic oxidation sites excluding steroid dienone is 3. The zero-order valence-corrected chi connectivity index (χ0v) is 21.0. The van der Waals surface area contributed by atoms with Crippen LogP contribution in [0.5, 0.6) is 0 Å². The van der Waals surface area contributed by atoms with Gasteiger partial charge in [0.15, 0.2) is 0 Å². The first kappa shape index (κ1) is 22.5. The van der Waals surface area contributed by atoms with Gasteiger partial charge < -0.3 is 6.42 Å². The molecule has 1 aromatic rings. The molecule has 0 amide bonds. The second-order valence-corrected chi connectivity index (χ2v) is 13.1. The molecule has 0 aliphatic heterocycles. The molecule has 1 heteroatoms. The molecule has 0 radical (unpaired) electrons. The van der Waals surface area contributed by atoms with Crippen molar-refractivity contribution in [2.75, 3.05) is 0 Å². The summed E-state index contributed by atoms with van der Waals surface area (Å²) in [7, 11) is 0. The smallest absolute Gasteiger partial charge is 0.318 e. The number of fused-ring (bicyclic) bond motifs is 7. The van der Waals surface area contributed by atoms with Crippen molar-refractivity contribution < 1.29 is 18.9 Å². The number of rotatable bonds is 0. The van der Waals surface area contributed by atoms with E-state index in [1.807, 2.05) is 0 Å². The first-order valence-electron chi connectivity index (χ1n) is 11.8. The molecule has 4 aliphatic carbocycles. The quantitative estimate of drug-likeness (QED) is 0.431. The summed E-state index contributed by atoms with van der Waals surface area (Å²) in [4.78, 5) is 0. The normalized spacial score (nSPS) is 26.3. The van der Waals surface area contributed by atoms with Gasteiger partial charge in [-0.3, -0.25) is 0 Å². The summed E-state index contributed by atoms with van der Waals surface area (Å²) in [6.45, 7) is 19.7. The third-order valence-corrected chi connectivity index (χ3v) is 8.40. The Balaban J connectivity index is 0.00000218. The fourth-order valence-corrected chi connectivity index (χ4v) is 6.74. The molecule has 0 heterocycles. The minimum absolute atomic E-state index is 0. The minimum atomic E-state index is 0. The van der Waals surface area contributed by atoms with Crippen LogP contribution in [0, 0.1) is 17.3 Å². The minimum Gasteiger partial charge on any atom is -0.318 e. The molecule has 1 aromatic carbocycles. The van der Waals surface area contributed by atoms with Crippen LogP contribution < -0.4 is 18.9 Å². The predicted molar refractivity (Wildman–Crippen MR) is 126 cm³/mol. The topological polar surface area (TPSA) is 0 Å². The summed E-state index contributed by atoms with van der Waals surface area (Å²) in [6, 6.07) is 0. The average Bonchev–Trinajstić information content (AvgIpc) is 2.94. The zero-order valence-electron chi connectivity index (χ0n) is 21.0. The number of hydrogen-bond donors (Lipinski definition) is 0. The van der Waals surface area contributed by atoms with Crippen LogP contribution in [-0.2, 0) is 23.7 Å². The summed E-state index contributed by atoms with van der Waals surface area (Å²) in [5.41, 5.74) is 14.6. The van der Waals surface area contributed by atoms with Crippen LogP contribution in [0.4, 0.5) is 0 Å². The molecule has 30 heavy (non-hydrogen) atoms. The average molecular weight is 395 g/mol. The summed E-state index contributed by atoms with van der Waals surface area (Å²) in [6.07, 6.45) is 15.1. The standard InChI is InChI=1S/C29H39.Li/c1-26(2)11-9-18-15-20-23(21(18)16-26)22-17-27(3,4)12-10-19(22)24-25(20)29(7,8)14-13-28(24,5)6;/h10,12,14H,9,11,13,15-17H2,1-8H3;/q-1;+1. The van der Waals surface area contributed by atoms with Crippen molar-refractivity contribution in [2.24, 2.45) is 10.8 Å². The van der Waals surface area contributed by atoms with Gasteiger partial charge in [0.2, 0.25) is 0 Å². The third-order valence-electron chi connectivity index (χ3n) is 8.40. The van der Waals surface area contributed by atoms with E-state index in [2.05, 4.69) is 74.0 Å². The van der Waals surface area contributed by atoms with Crippen molar-refractivity contribution in [3.63, 3.8) is 0 Å². The van der Waals surface area contributed by atoms with Crippen molar-refractivity contribution in [2.45, 2.75) is 105 Å². The molecule has 0 aromatic heterocycles. The van der Waals surface area contributed by atoms with Gasteiger partial charge in [0.05, 0.1) is 0 Å². The van der Waals surface area contributed by atoms with Gasteiger partial charge in [-0.2, -0.15) is 6.42 Å². The molecule has 0 nitrogen and oxygen atoms in total. The van der Waals surface area contributed by atoms with Crippen LogP contribution >= 0.6 is 0 Å². The Morgan fingerprint density at radius 1 is 0.867 bits per heavy atom. The summed E-state index contributed by atoms with van der Waals surface area (Å²) in [5.74, 6) is 0. The van der Waals surface area contributed by atoms with Crippen molar-refractivity contribution in [1.29, 1.82) is 0 Å². The molecular formula is C29H39Li. The van der Waals surface area contributed by atoms with Crippen LogP contribution in [0.3, 0.4) is 0 Å². The maximum absolute atomic E-state index is 2.61. The van der Waals surface area contributed by atoms with Gasteiger partial charge in [0.25, 0.3) is 0 Å². The number of benzene rings is 1. The van der Waals surface area contributed by atoms with E-state index in [9.17, 15) is 0 Å². The number of hydrogen-bond acceptors (Lipinski definition) is 0. The second-order valence-electron chi connectivity index (χ2n) is 13.1. The van der Waals surface area contributed by atoms with E-state index < -0.39 is 0 Å². The maximum atomic E-state index is 2.61. The fraction of sp³-hybridized carbons (Fsp3) is 0.621. The molecule has 156 valence electrons. The Labute approximate surface area is 197 Å². The van der Waals surface area contributed by atoms with Crippen molar-refractivity contribution in [3.05, 3.63) is 51.5 Å². The van der Waals surface area contributed by atoms with E-state index in [1.165, 1.54) is 38.5 Å². The Morgan fingerprint density at radius 2 is 1.57 bits per heavy atom. The fourth-order valence-electron chi connectivity index (χ4n) is 6.74. The van der Waals surface area contributed by atoms with Crippen molar-refractivity contribution in [3.8, 4) is 0 Å². The molecule has 0 fully saturated rings. The van der Waals surface area contributed by atoms with Crippen molar-refractivity contribution in [1.82, 2.24) is 0 Å². The first-order valence-corrected chi connectivity index (χ1v) is 11.8. The summed E-state index contributed by atoms with van der Waals surface area (Å²) < 4.78 is 0. The molecule has 0 saturated carbocycles. The Bertz CT molecular complexity index is 978. The van der Waals surface area contributed by atoms with E-state index in [4.69, 9.17) is 0 Å². The maximum Gasteiger partial charge on any atom is 1.00 e. The zero-order chi connectivity index (χ0) is 21.0. The molecule has 5 rings (SSSR count). The van der Waals surface area contributed by atoms with E-state index in [0.29, 0.717) is 5.41 Å². The molecule has 0 unspecified atom stereocenters. The molecule has 0 spiro atoms. The van der Waals surface area contributed by atoms with Crippen LogP contribution in [0.2, 0.25) is 0 Å². The SMILES string of the molecule is CC1(C)C=Cc2c(c3c(c4c2C(C)(C)C[CH-]C4(C)C)CC2=C3CC(C)(C)CC2)C1.[Li+]. The largest absolute Gasteiger partial charge is 1.00 e. The van der Waals surface area contributed by atoms with Gasteiger partial charge >= 0.3 is 18.9 Å². The second kappa shape index (κ2) is 6.65. The van der Waals surface area contributed by atoms with E-state index in [-0.39, 0.29) is 35.1 Å². The molecule has 4 aliphatic rings. The molecule has 0 saturated heterocycles. The molecule has 0 atom stereocenters. The molecule has 0 N–H and O–H groups in total. The van der Waals surface area contributed by atoms with Gasteiger partial charge in [-0.05, 0) is 81.7 Å². The van der Waals surface area contributed by atoms with Crippen LogP contribution in [-0.4, -0.2) is 0 Å².